The van der Waals surface area contributed by atoms with Crippen LogP contribution in [-0.2, 0) is 0 Å². The van der Waals surface area contributed by atoms with E-state index in [2.05, 4.69) is 11.8 Å². The molecule has 0 amide bonds. The van der Waals surface area contributed by atoms with E-state index in [1.807, 2.05) is 0 Å². The summed E-state index contributed by atoms with van der Waals surface area (Å²) in [6, 6.07) is 4.93. The van der Waals surface area contributed by atoms with Crippen LogP contribution < -0.4 is 0 Å². The van der Waals surface area contributed by atoms with Gasteiger partial charge >= 0.3 is 0 Å². The zero-order valence-electron chi connectivity index (χ0n) is 6.64. The van der Waals surface area contributed by atoms with Gasteiger partial charge in [-0.15, -0.1) is 0 Å². The fraction of sp³-hybridized carbons (Fsp3) is 0.100. The average Bonchev–Trinajstić information content (AvgIpc) is 2.09. The molecular weight excluding hydrogens is 172 g/mol. The minimum absolute atomic E-state index is 0.0385. The first kappa shape index (κ1) is 9.22. The Bertz CT molecular complexity index is 407. The average molecular weight is 177 g/mol. The van der Waals surface area contributed by atoms with Crippen molar-refractivity contribution < 1.29 is 8.78 Å². The van der Waals surface area contributed by atoms with Gasteiger partial charge in [-0.05, 0) is 12.1 Å². The lowest BCUT2D eigenvalue weighted by Crippen LogP contribution is -1.84. The van der Waals surface area contributed by atoms with Crippen molar-refractivity contribution in [3.05, 3.63) is 35.4 Å². The van der Waals surface area contributed by atoms with Crippen molar-refractivity contribution in [1.29, 1.82) is 5.26 Å². The lowest BCUT2D eigenvalue weighted by Gasteiger charge is -1.92. The summed E-state index contributed by atoms with van der Waals surface area (Å²) >= 11 is 0. The van der Waals surface area contributed by atoms with Gasteiger partial charge in [0.25, 0.3) is 0 Å². The monoisotopic (exact) mass is 177 g/mol. The molecule has 0 atom stereocenters. The lowest BCUT2D eigenvalue weighted by molar-refractivity contribution is 0.581. The van der Waals surface area contributed by atoms with E-state index in [9.17, 15) is 8.78 Å². The highest BCUT2D eigenvalue weighted by Gasteiger charge is 1.99. The summed E-state index contributed by atoms with van der Waals surface area (Å²) in [5.74, 6) is 3.53. The Labute approximate surface area is 74.6 Å². The van der Waals surface area contributed by atoms with E-state index in [1.54, 1.807) is 6.07 Å². The summed E-state index contributed by atoms with van der Waals surface area (Å²) in [7, 11) is 0. The molecule has 1 aromatic carbocycles. The van der Waals surface area contributed by atoms with Crippen molar-refractivity contribution in [2.75, 3.05) is 0 Å². The van der Waals surface area contributed by atoms with Gasteiger partial charge in [0.05, 0.1) is 18.1 Å². The summed E-state index contributed by atoms with van der Waals surface area (Å²) < 4.78 is 25.2. The maximum Gasteiger partial charge on any atom is 0.141 e. The van der Waals surface area contributed by atoms with E-state index in [1.165, 1.54) is 6.07 Å². The largest absolute Gasteiger partial charge is 0.207 e. The van der Waals surface area contributed by atoms with Crippen molar-refractivity contribution >= 4 is 0 Å². The molecule has 0 saturated carbocycles. The van der Waals surface area contributed by atoms with Crippen molar-refractivity contribution in [3.63, 3.8) is 0 Å². The van der Waals surface area contributed by atoms with Crippen LogP contribution in [0.2, 0.25) is 0 Å². The van der Waals surface area contributed by atoms with Crippen LogP contribution in [0.4, 0.5) is 8.78 Å². The third kappa shape index (κ3) is 2.57. The molecule has 0 unspecified atom stereocenters. The second-order valence-corrected chi connectivity index (χ2v) is 2.26. The summed E-state index contributed by atoms with van der Waals surface area (Å²) in [4.78, 5) is 0. The number of hydrogen-bond acceptors (Lipinski definition) is 1. The van der Waals surface area contributed by atoms with E-state index >= 15 is 0 Å². The summed E-state index contributed by atoms with van der Waals surface area (Å²) in [5.41, 5.74) is 0.108. The van der Waals surface area contributed by atoms with Crippen LogP contribution in [0.15, 0.2) is 18.2 Å². The summed E-state index contributed by atoms with van der Waals surface area (Å²) in [6.45, 7) is 0. The molecule has 0 aliphatic rings. The maximum atomic E-state index is 12.9. The SMILES string of the molecule is N#CCC#Cc1ccc(F)cc1F. The van der Waals surface area contributed by atoms with Crippen molar-refractivity contribution in [2.45, 2.75) is 6.42 Å². The highest BCUT2D eigenvalue weighted by molar-refractivity contribution is 5.35. The van der Waals surface area contributed by atoms with Crippen LogP contribution in [0, 0.1) is 34.8 Å². The Morgan fingerprint density at radius 1 is 1.31 bits per heavy atom. The molecule has 0 aromatic heterocycles. The first-order valence-corrected chi connectivity index (χ1v) is 3.55. The molecule has 1 nitrogen and oxygen atoms in total. The predicted molar refractivity (Wildman–Crippen MR) is 43.5 cm³/mol. The third-order valence-electron chi connectivity index (χ3n) is 1.32. The van der Waals surface area contributed by atoms with Crippen molar-refractivity contribution in [2.24, 2.45) is 0 Å². The molecule has 1 rings (SSSR count). The van der Waals surface area contributed by atoms with Crippen LogP contribution in [-0.4, -0.2) is 0 Å². The highest BCUT2D eigenvalue weighted by atomic mass is 19.1. The fourth-order valence-corrected chi connectivity index (χ4v) is 0.770. The topological polar surface area (TPSA) is 23.8 Å². The van der Waals surface area contributed by atoms with Crippen LogP contribution >= 0.6 is 0 Å². The molecule has 0 saturated heterocycles. The van der Waals surface area contributed by atoms with Crippen molar-refractivity contribution in [1.82, 2.24) is 0 Å². The van der Waals surface area contributed by atoms with Crippen LogP contribution in [0.5, 0.6) is 0 Å². The van der Waals surface area contributed by atoms with Gasteiger partial charge < -0.3 is 0 Å². The molecule has 0 aliphatic heterocycles. The molecule has 0 radical (unpaired) electrons. The Morgan fingerprint density at radius 3 is 2.69 bits per heavy atom. The number of halogens is 2. The Kier molecular flexibility index (Phi) is 3.00. The van der Waals surface area contributed by atoms with Gasteiger partial charge in [0.1, 0.15) is 11.6 Å². The van der Waals surface area contributed by atoms with E-state index < -0.39 is 11.6 Å². The Hall–Kier alpha value is -1.87. The molecule has 0 aliphatic carbocycles. The number of nitriles is 1. The minimum Gasteiger partial charge on any atom is -0.207 e. The van der Waals surface area contributed by atoms with Crippen LogP contribution in [0.25, 0.3) is 0 Å². The van der Waals surface area contributed by atoms with Gasteiger partial charge in [0, 0.05) is 6.07 Å². The van der Waals surface area contributed by atoms with E-state index in [-0.39, 0.29) is 12.0 Å². The summed E-state index contributed by atoms with van der Waals surface area (Å²) in [5, 5.41) is 8.15. The molecular formula is C10H5F2N. The normalized spacial score (nSPS) is 8.38. The lowest BCUT2D eigenvalue weighted by atomic mass is 10.2. The van der Waals surface area contributed by atoms with Gasteiger partial charge in [-0.2, -0.15) is 5.26 Å². The van der Waals surface area contributed by atoms with E-state index in [0.29, 0.717) is 0 Å². The van der Waals surface area contributed by atoms with E-state index in [0.717, 1.165) is 12.1 Å². The quantitative estimate of drug-likeness (QED) is 0.557. The molecule has 0 fully saturated rings. The van der Waals surface area contributed by atoms with Crippen LogP contribution in [0.3, 0.4) is 0 Å². The molecule has 64 valence electrons. The zero-order valence-corrected chi connectivity index (χ0v) is 6.64. The molecule has 13 heavy (non-hydrogen) atoms. The second kappa shape index (κ2) is 4.23. The number of hydrogen-bond donors (Lipinski definition) is 0. The van der Waals surface area contributed by atoms with Crippen molar-refractivity contribution in [3.8, 4) is 17.9 Å². The standard InChI is InChI=1S/C10H5F2N/c11-9-5-4-8(10(12)7-9)3-1-2-6-13/h4-5,7H,2H2. The van der Waals surface area contributed by atoms with Gasteiger partial charge in [-0.25, -0.2) is 8.78 Å². The third-order valence-corrected chi connectivity index (χ3v) is 1.32. The molecule has 0 N–H and O–H groups in total. The van der Waals surface area contributed by atoms with Crippen LogP contribution in [0.1, 0.15) is 12.0 Å². The van der Waals surface area contributed by atoms with Gasteiger partial charge in [-0.3, -0.25) is 0 Å². The number of rotatable bonds is 0. The number of nitrogens with zero attached hydrogens (tertiary/aromatic N) is 1. The van der Waals surface area contributed by atoms with Gasteiger partial charge in [-0.1, -0.05) is 11.8 Å². The molecule has 3 heteroatoms. The summed E-state index contributed by atoms with van der Waals surface area (Å²) in [6.07, 6.45) is 0.0385. The zero-order chi connectivity index (χ0) is 9.68. The smallest absolute Gasteiger partial charge is 0.141 e. The highest BCUT2D eigenvalue weighted by Crippen LogP contribution is 2.07. The van der Waals surface area contributed by atoms with E-state index in [4.69, 9.17) is 5.26 Å². The molecule has 0 bridgehead atoms. The second-order valence-electron chi connectivity index (χ2n) is 2.26. The molecule has 0 heterocycles. The number of benzene rings is 1. The fourth-order valence-electron chi connectivity index (χ4n) is 0.770. The predicted octanol–water partition coefficient (Wildman–Crippen LogP) is 2.23. The molecule has 1 aromatic rings. The van der Waals surface area contributed by atoms with Gasteiger partial charge in [0.2, 0.25) is 0 Å². The first-order valence-electron chi connectivity index (χ1n) is 3.55. The minimum atomic E-state index is -0.703. The Morgan fingerprint density at radius 2 is 2.08 bits per heavy atom. The first-order chi connectivity index (χ1) is 6.24. The van der Waals surface area contributed by atoms with Gasteiger partial charge in [0.15, 0.2) is 0 Å². The Balaban J connectivity index is 2.93. The molecule has 0 spiro atoms. The maximum absolute atomic E-state index is 12.9.